The highest BCUT2D eigenvalue weighted by Crippen LogP contribution is 2.04. The van der Waals surface area contributed by atoms with E-state index in [-0.39, 0.29) is 24.0 Å². The van der Waals surface area contributed by atoms with E-state index in [1.807, 2.05) is 6.07 Å². The zero-order chi connectivity index (χ0) is 16.5. The highest BCUT2D eigenvalue weighted by Gasteiger charge is 2.18. The van der Waals surface area contributed by atoms with E-state index >= 15 is 0 Å². The second kappa shape index (κ2) is 11.7. The Morgan fingerprint density at radius 2 is 1.79 bits per heavy atom. The molecule has 0 amide bonds. The van der Waals surface area contributed by atoms with Crippen LogP contribution < -0.4 is 10.6 Å². The van der Waals surface area contributed by atoms with Gasteiger partial charge in [0.25, 0.3) is 0 Å². The molecule has 136 valence electrons. The molecule has 0 aromatic heterocycles. The molecule has 1 aromatic carbocycles. The summed E-state index contributed by atoms with van der Waals surface area (Å²) in [6.45, 7) is 11.5. The second-order valence-electron chi connectivity index (χ2n) is 6.25. The molecule has 0 saturated carbocycles. The van der Waals surface area contributed by atoms with Crippen molar-refractivity contribution < 1.29 is 0 Å². The van der Waals surface area contributed by atoms with Crippen molar-refractivity contribution in [1.82, 2.24) is 20.4 Å². The molecule has 0 aliphatic carbocycles. The van der Waals surface area contributed by atoms with Crippen molar-refractivity contribution in [3.63, 3.8) is 0 Å². The van der Waals surface area contributed by atoms with Gasteiger partial charge < -0.3 is 15.5 Å². The predicted molar refractivity (Wildman–Crippen MR) is 113 cm³/mol. The molecule has 0 spiro atoms. The monoisotopic (exact) mass is 445 g/mol. The largest absolute Gasteiger partial charge is 0.357 e. The normalized spacial score (nSPS) is 17.9. The summed E-state index contributed by atoms with van der Waals surface area (Å²) in [5.74, 6) is 0.900. The molecule has 24 heavy (non-hydrogen) atoms. The third kappa shape index (κ3) is 7.36. The first-order valence-corrected chi connectivity index (χ1v) is 8.67. The van der Waals surface area contributed by atoms with Crippen molar-refractivity contribution in [2.75, 3.05) is 46.3 Å². The van der Waals surface area contributed by atoms with Crippen molar-refractivity contribution in [3.05, 3.63) is 35.9 Å². The summed E-state index contributed by atoms with van der Waals surface area (Å²) in [5.41, 5.74) is 1.23. The molecular weight excluding hydrogens is 413 g/mol. The smallest absolute Gasteiger partial charge is 0.191 e. The van der Waals surface area contributed by atoms with Crippen LogP contribution in [-0.2, 0) is 6.54 Å². The van der Waals surface area contributed by atoms with Crippen LogP contribution in [0.5, 0.6) is 0 Å². The molecule has 0 bridgehead atoms. The van der Waals surface area contributed by atoms with E-state index in [9.17, 15) is 0 Å². The predicted octanol–water partition coefficient (Wildman–Crippen LogP) is 2.00. The Morgan fingerprint density at radius 1 is 1.12 bits per heavy atom. The molecule has 1 aliphatic rings. The van der Waals surface area contributed by atoms with Gasteiger partial charge in [0.1, 0.15) is 0 Å². The van der Waals surface area contributed by atoms with Crippen LogP contribution in [0.2, 0.25) is 0 Å². The van der Waals surface area contributed by atoms with Crippen molar-refractivity contribution in [2.24, 2.45) is 4.99 Å². The second-order valence-corrected chi connectivity index (χ2v) is 6.25. The molecule has 2 rings (SSSR count). The topological polar surface area (TPSA) is 42.9 Å². The van der Waals surface area contributed by atoms with Crippen molar-refractivity contribution >= 4 is 29.9 Å². The van der Waals surface area contributed by atoms with Crippen molar-refractivity contribution in [1.29, 1.82) is 0 Å². The Morgan fingerprint density at radius 3 is 2.42 bits per heavy atom. The van der Waals surface area contributed by atoms with Gasteiger partial charge in [-0.05, 0) is 26.5 Å². The van der Waals surface area contributed by atoms with E-state index in [0.717, 1.165) is 45.2 Å². The fourth-order valence-corrected chi connectivity index (χ4v) is 2.73. The number of nitrogens with one attached hydrogen (secondary N) is 2. The molecule has 6 heteroatoms. The molecule has 1 saturated heterocycles. The maximum Gasteiger partial charge on any atom is 0.191 e. The van der Waals surface area contributed by atoms with E-state index in [0.29, 0.717) is 12.6 Å². The molecule has 1 fully saturated rings. The highest BCUT2D eigenvalue weighted by molar-refractivity contribution is 14.0. The van der Waals surface area contributed by atoms with E-state index < -0.39 is 0 Å². The standard InChI is InChI=1S/C18H31N5.HI/c1-4-19-18(21-15-17-8-6-5-7-9-17)20-14-16(2)23-12-10-22(3)11-13-23;/h5-9,16H,4,10-15H2,1-3H3,(H2,19,20,21);1H. The van der Waals surface area contributed by atoms with Gasteiger partial charge in [-0.25, -0.2) is 4.99 Å². The number of hydrogen-bond acceptors (Lipinski definition) is 3. The van der Waals surface area contributed by atoms with Crippen molar-refractivity contribution in [3.8, 4) is 0 Å². The first kappa shape index (κ1) is 21.2. The van der Waals surface area contributed by atoms with Gasteiger partial charge in [-0.3, -0.25) is 4.90 Å². The number of piperazine rings is 1. The summed E-state index contributed by atoms with van der Waals surface area (Å²) < 4.78 is 0. The Labute approximate surface area is 163 Å². The van der Waals surface area contributed by atoms with E-state index in [1.54, 1.807) is 0 Å². The molecule has 1 unspecified atom stereocenters. The van der Waals surface area contributed by atoms with E-state index in [2.05, 4.69) is 70.6 Å². The third-order valence-corrected chi connectivity index (χ3v) is 4.33. The summed E-state index contributed by atoms with van der Waals surface area (Å²) in [5, 5.41) is 6.81. The van der Waals surface area contributed by atoms with Crippen LogP contribution >= 0.6 is 24.0 Å². The number of hydrogen-bond donors (Lipinski definition) is 2. The minimum absolute atomic E-state index is 0. The molecule has 1 heterocycles. The molecule has 1 aromatic rings. The van der Waals surface area contributed by atoms with Crippen LogP contribution in [-0.4, -0.2) is 68.1 Å². The number of rotatable bonds is 6. The van der Waals surface area contributed by atoms with Crippen LogP contribution in [0.1, 0.15) is 19.4 Å². The van der Waals surface area contributed by atoms with Gasteiger partial charge in [-0.1, -0.05) is 30.3 Å². The van der Waals surface area contributed by atoms with Gasteiger partial charge in [-0.2, -0.15) is 0 Å². The Kier molecular flexibility index (Phi) is 10.3. The van der Waals surface area contributed by atoms with Crippen LogP contribution in [0.4, 0.5) is 0 Å². The maximum atomic E-state index is 4.68. The third-order valence-electron chi connectivity index (χ3n) is 4.33. The van der Waals surface area contributed by atoms with E-state index in [1.165, 1.54) is 5.56 Å². The lowest BCUT2D eigenvalue weighted by Gasteiger charge is -2.36. The lowest BCUT2D eigenvalue weighted by atomic mass is 10.2. The van der Waals surface area contributed by atoms with Gasteiger partial charge in [0, 0.05) is 45.3 Å². The first-order valence-electron chi connectivity index (χ1n) is 8.67. The van der Waals surface area contributed by atoms with Crippen molar-refractivity contribution in [2.45, 2.75) is 26.4 Å². The SMILES string of the molecule is CCNC(=NCc1ccccc1)NCC(C)N1CCN(C)CC1.I. The number of aliphatic imine (C=N–C) groups is 1. The number of likely N-dealkylation sites (N-methyl/N-ethyl adjacent to an activating group) is 1. The lowest BCUT2D eigenvalue weighted by Crippen LogP contribution is -2.52. The van der Waals surface area contributed by atoms with Gasteiger partial charge in [0.05, 0.1) is 6.54 Å². The maximum absolute atomic E-state index is 4.68. The van der Waals surface area contributed by atoms with Crippen LogP contribution in [0.15, 0.2) is 35.3 Å². The molecule has 0 radical (unpaired) electrons. The molecular formula is C18H32IN5. The fraction of sp³-hybridized carbons (Fsp3) is 0.611. The van der Waals surface area contributed by atoms with Gasteiger partial charge in [0.15, 0.2) is 5.96 Å². The van der Waals surface area contributed by atoms with Crippen LogP contribution in [0.3, 0.4) is 0 Å². The molecule has 5 nitrogen and oxygen atoms in total. The minimum Gasteiger partial charge on any atom is -0.357 e. The summed E-state index contributed by atoms with van der Waals surface area (Å²) in [6.07, 6.45) is 0. The average Bonchev–Trinajstić information content (AvgIpc) is 2.58. The van der Waals surface area contributed by atoms with Gasteiger partial charge >= 0.3 is 0 Å². The number of halogens is 1. The molecule has 1 aliphatic heterocycles. The average molecular weight is 445 g/mol. The number of nitrogens with zero attached hydrogens (tertiary/aromatic N) is 3. The Balaban J connectivity index is 0.00000288. The Bertz CT molecular complexity index is 472. The van der Waals surface area contributed by atoms with Gasteiger partial charge in [0.2, 0.25) is 0 Å². The molecule has 2 N–H and O–H groups in total. The number of benzene rings is 1. The lowest BCUT2D eigenvalue weighted by molar-refractivity contribution is 0.120. The highest BCUT2D eigenvalue weighted by atomic mass is 127. The zero-order valence-electron chi connectivity index (χ0n) is 15.2. The summed E-state index contributed by atoms with van der Waals surface area (Å²) >= 11 is 0. The van der Waals surface area contributed by atoms with E-state index in [4.69, 9.17) is 0 Å². The number of guanidine groups is 1. The van der Waals surface area contributed by atoms with Gasteiger partial charge in [-0.15, -0.1) is 24.0 Å². The minimum atomic E-state index is 0. The quantitative estimate of drug-likeness (QED) is 0.400. The Hall–Kier alpha value is -0.860. The molecule has 1 atom stereocenters. The first-order chi connectivity index (χ1) is 11.2. The van der Waals surface area contributed by atoms with Crippen LogP contribution in [0, 0.1) is 0 Å². The fourth-order valence-electron chi connectivity index (χ4n) is 2.73. The summed E-state index contributed by atoms with van der Waals surface area (Å²) in [4.78, 5) is 9.62. The summed E-state index contributed by atoms with van der Waals surface area (Å²) in [7, 11) is 2.19. The summed E-state index contributed by atoms with van der Waals surface area (Å²) in [6, 6.07) is 10.9. The van der Waals surface area contributed by atoms with Crippen LogP contribution in [0.25, 0.3) is 0 Å². The zero-order valence-corrected chi connectivity index (χ0v) is 17.5.